The van der Waals surface area contributed by atoms with Crippen LogP contribution in [0.1, 0.15) is 43.9 Å². The maximum Gasteiger partial charge on any atom is 0.128 e. The van der Waals surface area contributed by atoms with Crippen LogP contribution in [-0.4, -0.2) is 24.4 Å². The van der Waals surface area contributed by atoms with Gasteiger partial charge in [-0.05, 0) is 50.3 Å². The summed E-state index contributed by atoms with van der Waals surface area (Å²) in [6, 6.07) is 31.3. The lowest BCUT2D eigenvalue weighted by molar-refractivity contribution is -0.385. The Hall–Kier alpha value is -2.46. The van der Waals surface area contributed by atoms with Crippen LogP contribution in [0.3, 0.4) is 0 Å². The van der Waals surface area contributed by atoms with Crippen molar-refractivity contribution in [3.63, 3.8) is 0 Å². The minimum absolute atomic E-state index is 0.0528. The molecule has 3 atom stereocenters. The van der Waals surface area contributed by atoms with Crippen molar-refractivity contribution >= 4 is 0 Å². The summed E-state index contributed by atoms with van der Waals surface area (Å²) in [6.07, 6.45) is 3.58. The fourth-order valence-corrected chi connectivity index (χ4v) is 3.73. The molecule has 3 aromatic carbocycles. The second kappa shape index (κ2) is 12.5. The molecule has 0 N–H and O–H groups in total. The summed E-state index contributed by atoms with van der Waals surface area (Å²) in [5.74, 6) is 0. The number of hydrogen-bond acceptors (Lipinski definition) is 3. The van der Waals surface area contributed by atoms with Crippen LogP contribution < -0.4 is 0 Å². The average Bonchev–Trinajstić information content (AvgIpc) is 2.82. The van der Waals surface area contributed by atoms with E-state index in [0.717, 1.165) is 25.7 Å². The summed E-state index contributed by atoms with van der Waals surface area (Å²) in [6.45, 7) is 6.71. The second-order valence-corrected chi connectivity index (χ2v) is 8.94. The van der Waals surface area contributed by atoms with Gasteiger partial charge in [0.25, 0.3) is 0 Å². The van der Waals surface area contributed by atoms with Gasteiger partial charge < -0.3 is 4.74 Å². The van der Waals surface area contributed by atoms with Crippen molar-refractivity contribution in [2.24, 2.45) is 0 Å². The Morgan fingerprint density at radius 1 is 0.688 bits per heavy atom. The van der Waals surface area contributed by atoms with Crippen molar-refractivity contribution in [2.75, 3.05) is 6.61 Å². The molecule has 0 spiro atoms. The van der Waals surface area contributed by atoms with E-state index in [1.165, 1.54) is 16.7 Å². The minimum atomic E-state index is -0.576. The Balaban J connectivity index is 1.55. The lowest BCUT2D eigenvalue weighted by atomic mass is 9.97. The van der Waals surface area contributed by atoms with Crippen LogP contribution in [0, 0.1) is 0 Å². The highest BCUT2D eigenvalue weighted by molar-refractivity contribution is 5.17. The van der Waals surface area contributed by atoms with Gasteiger partial charge in [-0.3, -0.25) is 0 Å². The predicted molar refractivity (Wildman–Crippen MR) is 131 cm³/mol. The highest BCUT2D eigenvalue weighted by Gasteiger charge is 2.30. The lowest BCUT2D eigenvalue weighted by Crippen LogP contribution is -2.39. The molecule has 0 bridgehead atoms. The van der Waals surface area contributed by atoms with E-state index in [-0.39, 0.29) is 12.2 Å². The Kier molecular flexibility index (Phi) is 9.48. The summed E-state index contributed by atoms with van der Waals surface area (Å²) in [5, 5.41) is 0. The topological polar surface area (TPSA) is 27.7 Å². The Morgan fingerprint density at radius 3 is 1.81 bits per heavy atom. The van der Waals surface area contributed by atoms with Crippen LogP contribution in [0.2, 0.25) is 0 Å². The SMILES string of the molecule is CC(CCc1ccccc1)OCC(C)(Cc1ccccc1)OOC(C)Cc1ccccc1. The van der Waals surface area contributed by atoms with E-state index < -0.39 is 5.60 Å². The van der Waals surface area contributed by atoms with Gasteiger partial charge in [0, 0.05) is 12.8 Å². The third-order valence-electron chi connectivity index (χ3n) is 5.56. The van der Waals surface area contributed by atoms with Gasteiger partial charge in [0.15, 0.2) is 0 Å². The fourth-order valence-electron chi connectivity index (χ4n) is 3.73. The van der Waals surface area contributed by atoms with Crippen LogP contribution in [0.4, 0.5) is 0 Å². The van der Waals surface area contributed by atoms with E-state index in [1.54, 1.807) is 0 Å². The van der Waals surface area contributed by atoms with Crippen molar-refractivity contribution < 1.29 is 14.5 Å². The van der Waals surface area contributed by atoms with Gasteiger partial charge in [-0.25, -0.2) is 9.78 Å². The summed E-state index contributed by atoms with van der Waals surface area (Å²) in [7, 11) is 0. The molecule has 3 aromatic rings. The molecule has 0 saturated carbocycles. The van der Waals surface area contributed by atoms with Gasteiger partial charge in [0.1, 0.15) is 5.60 Å². The number of rotatable bonds is 13. The van der Waals surface area contributed by atoms with Gasteiger partial charge in [0.2, 0.25) is 0 Å². The van der Waals surface area contributed by atoms with Gasteiger partial charge in [-0.2, -0.15) is 0 Å². The monoisotopic (exact) mass is 432 g/mol. The molecule has 0 amide bonds. The van der Waals surface area contributed by atoms with Gasteiger partial charge >= 0.3 is 0 Å². The first-order valence-corrected chi connectivity index (χ1v) is 11.6. The molecule has 3 heteroatoms. The third kappa shape index (κ3) is 8.58. The fraction of sp³-hybridized carbons (Fsp3) is 0.379. The van der Waals surface area contributed by atoms with Gasteiger partial charge in [-0.1, -0.05) is 91.0 Å². The largest absolute Gasteiger partial charge is 0.375 e. The zero-order valence-electron chi connectivity index (χ0n) is 19.6. The average molecular weight is 433 g/mol. The van der Waals surface area contributed by atoms with Crippen molar-refractivity contribution in [1.29, 1.82) is 0 Å². The molecule has 3 rings (SSSR count). The molecule has 0 aromatic heterocycles. The van der Waals surface area contributed by atoms with E-state index in [1.807, 2.05) is 31.2 Å². The van der Waals surface area contributed by atoms with E-state index in [9.17, 15) is 0 Å². The molecule has 0 saturated heterocycles. The van der Waals surface area contributed by atoms with Crippen LogP contribution in [0.15, 0.2) is 91.0 Å². The Morgan fingerprint density at radius 2 is 1.22 bits per heavy atom. The maximum atomic E-state index is 6.25. The number of ether oxygens (including phenoxy) is 1. The summed E-state index contributed by atoms with van der Waals surface area (Å²) < 4.78 is 6.25. The van der Waals surface area contributed by atoms with Gasteiger partial charge in [-0.15, -0.1) is 0 Å². The quantitative estimate of drug-likeness (QED) is 0.225. The highest BCUT2D eigenvalue weighted by atomic mass is 17.2. The predicted octanol–water partition coefficient (Wildman–Crippen LogP) is 6.61. The van der Waals surface area contributed by atoms with Crippen molar-refractivity contribution in [3.8, 4) is 0 Å². The van der Waals surface area contributed by atoms with Crippen LogP contribution in [0.25, 0.3) is 0 Å². The smallest absolute Gasteiger partial charge is 0.128 e. The summed E-state index contributed by atoms with van der Waals surface area (Å²) in [5.41, 5.74) is 3.20. The minimum Gasteiger partial charge on any atom is -0.375 e. The molecular weight excluding hydrogens is 396 g/mol. The first-order chi connectivity index (χ1) is 15.5. The van der Waals surface area contributed by atoms with Crippen molar-refractivity contribution in [3.05, 3.63) is 108 Å². The molecule has 170 valence electrons. The first kappa shape index (κ1) is 24.2. The molecule has 3 nitrogen and oxygen atoms in total. The number of aryl methyl sites for hydroxylation is 1. The van der Waals surface area contributed by atoms with Gasteiger partial charge in [0.05, 0.1) is 18.8 Å². The van der Waals surface area contributed by atoms with Crippen LogP contribution >= 0.6 is 0 Å². The van der Waals surface area contributed by atoms with Crippen molar-refractivity contribution in [1.82, 2.24) is 0 Å². The standard InChI is InChI=1S/C29H36O3/c1-24(19-20-26-13-7-4-8-14-26)30-23-29(3,22-28-17-11-6-12-18-28)32-31-25(2)21-27-15-9-5-10-16-27/h4-18,24-25H,19-23H2,1-3H3. The lowest BCUT2D eigenvalue weighted by Gasteiger charge is -2.31. The third-order valence-corrected chi connectivity index (χ3v) is 5.56. The van der Waals surface area contributed by atoms with Crippen molar-refractivity contribution in [2.45, 2.75) is 64.3 Å². The van der Waals surface area contributed by atoms with E-state index in [0.29, 0.717) is 6.61 Å². The molecular formula is C29H36O3. The molecule has 0 aliphatic rings. The normalized spacial score (nSPS) is 15.1. The Bertz CT molecular complexity index is 882. The van der Waals surface area contributed by atoms with E-state index >= 15 is 0 Å². The summed E-state index contributed by atoms with van der Waals surface area (Å²) in [4.78, 5) is 11.9. The zero-order valence-corrected chi connectivity index (χ0v) is 19.6. The highest BCUT2D eigenvalue weighted by Crippen LogP contribution is 2.22. The molecule has 0 fully saturated rings. The molecule has 0 aliphatic carbocycles. The molecule has 0 heterocycles. The maximum absolute atomic E-state index is 6.25. The Labute approximate surface area is 193 Å². The first-order valence-electron chi connectivity index (χ1n) is 11.6. The zero-order chi connectivity index (χ0) is 22.7. The molecule has 3 unspecified atom stereocenters. The van der Waals surface area contributed by atoms with Crippen LogP contribution in [-0.2, 0) is 33.8 Å². The molecule has 0 radical (unpaired) electrons. The number of benzene rings is 3. The van der Waals surface area contributed by atoms with Crippen LogP contribution in [0.5, 0.6) is 0 Å². The number of hydrogen-bond donors (Lipinski definition) is 0. The van der Waals surface area contributed by atoms with E-state index in [4.69, 9.17) is 14.5 Å². The molecule has 0 aliphatic heterocycles. The second-order valence-electron chi connectivity index (χ2n) is 8.94. The molecule has 32 heavy (non-hydrogen) atoms. The summed E-state index contributed by atoms with van der Waals surface area (Å²) >= 11 is 0. The van der Waals surface area contributed by atoms with E-state index in [2.05, 4.69) is 80.6 Å².